The van der Waals surface area contributed by atoms with Gasteiger partial charge < -0.3 is 0 Å². The van der Waals surface area contributed by atoms with Crippen molar-refractivity contribution in [3.63, 3.8) is 0 Å². The van der Waals surface area contributed by atoms with E-state index in [0.29, 0.717) is 5.41 Å². The van der Waals surface area contributed by atoms with E-state index in [1.54, 1.807) is 32.1 Å². The quantitative estimate of drug-likeness (QED) is 0.345. The Morgan fingerprint density at radius 3 is 2.62 bits per heavy atom. The van der Waals surface area contributed by atoms with Crippen molar-refractivity contribution >= 4 is 0 Å². The standard InChI is InChI=1S/C26H44/c1-18(2)7-5-6-8-20-9-11-23-22(20)13-14-25-24(23)12-10-21-17-19(3)15-16-26(21,25)4/h10,18-20,22-25H,5-9,11-17H2,1-4H3/t19?,20-,22?,23?,24?,25?,26?/m0/s1. The Kier molecular flexibility index (Phi) is 5.60. The van der Waals surface area contributed by atoms with Gasteiger partial charge in [0.05, 0.1) is 0 Å². The molecule has 0 radical (unpaired) electrons. The summed E-state index contributed by atoms with van der Waals surface area (Å²) in [6.45, 7) is 9.90. The monoisotopic (exact) mass is 356 g/mol. The van der Waals surface area contributed by atoms with Gasteiger partial charge in [-0.15, -0.1) is 0 Å². The van der Waals surface area contributed by atoms with Crippen LogP contribution in [-0.2, 0) is 0 Å². The van der Waals surface area contributed by atoms with Gasteiger partial charge in [0.1, 0.15) is 0 Å². The summed E-state index contributed by atoms with van der Waals surface area (Å²) >= 11 is 0. The summed E-state index contributed by atoms with van der Waals surface area (Å²) in [5, 5.41) is 0. The first-order valence-electron chi connectivity index (χ1n) is 12.2. The van der Waals surface area contributed by atoms with Crippen LogP contribution in [0.3, 0.4) is 0 Å². The van der Waals surface area contributed by atoms with Crippen molar-refractivity contribution in [3.05, 3.63) is 11.6 Å². The van der Waals surface area contributed by atoms with E-state index >= 15 is 0 Å². The lowest BCUT2D eigenvalue weighted by Crippen LogP contribution is -2.46. The maximum Gasteiger partial charge on any atom is -0.00851 e. The summed E-state index contributed by atoms with van der Waals surface area (Å²) in [6.07, 6.45) is 20.7. The van der Waals surface area contributed by atoms with E-state index in [4.69, 9.17) is 0 Å². The van der Waals surface area contributed by atoms with Crippen molar-refractivity contribution in [2.45, 2.75) is 105 Å². The van der Waals surface area contributed by atoms with E-state index < -0.39 is 0 Å². The van der Waals surface area contributed by atoms with Gasteiger partial charge in [-0.25, -0.2) is 0 Å². The molecule has 3 saturated carbocycles. The number of allylic oxidation sites excluding steroid dienone is 2. The lowest BCUT2D eigenvalue weighted by Gasteiger charge is -2.55. The van der Waals surface area contributed by atoms with E-state index in [2.05, 4.69) is 33.8 Å². The molecular weight excluding hydrogens is 312 g/mol. The number of hydrogen-bond acceptors (Lipinski definition) is 0. The molecule has 6 unspecified atom stereocenters. The number of unbranched alkanes of at least 4 members (excludes halogenated alkanes) is 1. The summed E-state index contributed by atoms with van der Waals surface area (Å²) in [5.41, 5.74) is 2.45. The molecule has 0 aromatic rings. The highest BCUT2D eigenvalue weighted by Gasteiger charge is 2.53. The second-order valence-corrected chi connectivity index (χ2v) is 11.4. The van der Waals surface area contributed by atoms with E-state index in [-0.39, 0.29) is 0 Å². The minimum atomic E-state index is 0.579. The molecule has 0 spiro atoms. The van der Waals surface area contributed by atoms with E-state index in [9.17, 15) is 0 Å². The zero-order chi connectivity index (χ0) is 18.3. The van der Waals surface area contributed by atoms with Gasteiger partial charge in [0.2, 0.25) is 0 Å². The third kappa shape index (κ3) is 3.44. The second kappa shape index (κ2) is 7.63. The summed E-state index contributed by atoms with van der Waals surface area (Å²) in [7, 11) is 0. The minimum Gasteiger partial charge on any atom is -0.0845 e. The Bertz CT molecular complexity index is 514. The van der Waals surface area contributed by atoms with Crippen molar-refractivity contribution in [3.8, 4) is 0 Å². The average Bonchev–Trinajstić information content (AvgIpc) is 3.02. The van der Waals surface area contributed by atoms with Gasteiger partial charge in [0.25, 0.3) is 0 Å². The molecule has 0 aliphatic heterocycles. The summed E-state index contributed by atoms with van der Waals surface area (Å²) < 4.78 is 0. The SMILES string of the molecule is CC(C)CCCC[C@H]1CCC2C3CC=C4CC(C)CCC4(C)C3CCC21. The van der Waals surface area contributed by atoms with Gasteiger partial charge in [0.15, 0.2) is 0 Å². The first kappa shape index (κ1) is 19.1. The topological polar surface area (TPSA) is 0 Å². The van der Waals surface area contributed by atoms with Crippen molar-refractivity contribution in [2.24, 2.45) is 46.8 Å². The molecule has 7 atom stereocenters. The van der Waals surface area contributed by atoms with Gasteiger partial charge in [-0.2, -0.15) is 0 Å². The van der Waals surface area contributed by atoms with E-state index in [1.807, 2.05) is 5.57 Å². The van der Waals surface area contributed by atoms with E-state index in [0.717, 1.165) is 41.4 Å². The molecule has 4 aliphatic rings. The molecule has 148 valence electrons. The summed E-state index contributed by atoms with van der Waals surface area (Å²) in [4.78, 5) is 0. The number of fused-ring (bicyclic) bond motifs is 5. The predicted molar refractivity (Wildman–Crippen MR) is 113 cm³/mol. The van der Waals surface area contributed by atoms with Crippen LogP contribution in [0.5, 0.6) is 0 Å². The number of rotatable bonds is 5. The highest BCUT2D eigenvalue weighted by atomic mass is 14.6. The van der Waals surface area contributed by atoms with Crippen LogP contribution < -0.4 is 0 Å². The van der Waals surface area contributed by atoms with Crippen LogP contribution in [0.2, 0.25) is 0 Å². The van der Waals surface area contributed by atoms with Crippen LogP contribution in [0.4, 0.5) is 0 Å². The largest absolute Gasteiger partial charge is 0.0845 e. The van der Waals surface area contributed by atoms with E-state index in [1.165, 1.54) is 44.9 Å². The minimum absolute atomic E-state index is 0.579. The average molecular weight is 357 g/mol. The fourth-order valence-corrected chi connectivity index (χ4v) is 7.93. The molecule has 0 nitrogen and oxygen atoms in total. The normalized spacial score (nSPS) is 45.0. The highest BCUT2D eigenvalue weighted by Crippen LogP contribution is 2.62. The fourth-order valence-electron chi connectivity index (χ4n) is 7.93. The van der Waals surface area contributed by atoms with Crippen LogP contribution >= 0.6 is 0 Å². The van der Waals surface area contributed by atoms with Crippen LogP contribution in [-0.4, -0.2) is 0 Å². The van der Waals surface area contributed by atoms with Crippen molar-refractivity contribution in [1.82, 2.24) is 0 Å². The molecule has 0 heterocycles. The molecule has 26 heavy (non-hydrogen) atoms. The van der Waals surface area contributed by atoms with Crippen LogP contribution in [0.1, 0.15) is 105 Å². The molecule has 4 aliphatic carbocycles. The van der Waals surface area contributed by atoms with Crippen LogP contribution in [0.25, 0.3) is 0 Å². The first-order chi connectivity index (χ1) is 12.5. The second-order valence-electron chi connectivity index (χ2n) is 11.4. The maximum atomic E-state index is 2.75. The zero-order valence-corrected chi connectivity index (χ0v) is 18.1. The lowest BCUT2D eigenvalue weighted by atomic mass is 9.49. The Balaban J connectivity index is 1.40. The fraction of sp³-hybridized carbons (Fsp3) is 0.923. The Morgan fingerprint density at radius 2 is 1.81 bits per heavy atom. The smallest absolute Gasteiger partial charge is 0.00851 e. The van der Waals surface area contributed by atoms with Gasteiger partial charge in [-0.05, 0) is 98.2 Å². The maximum absolute atomic E-state index is 2.75. The summed E-state index contributed by atoms with van der Waals surface area (Å²) in [6, 6.07) is 0. The molecule has 0 aromatic carbocycles. The molecule has 0 heteroatoms. The molecular formula is C26H44. The van der Waals surface area contributed by atoms with Gasteiger partial charge in [0, 0.05) is 0 Å². The molecule has 0 bridgehead atoms. The van der Waals surface area contributed by atoms with Crippen molar-refractivity contribution < 1.29 is 0 Å². The molecule has 0 aromatic heterocycles. The van der Waals surface area contributed by atoms with Crippen molar-refractivity contribution in [2.75, 3.05) is 0 Å². The number of hydrogen-bond donors (Lipinski definition) is 0. The molecule has 0 saturated heterocycles. The first-order valence-corrected chi connectivity index (χ1v) is 12.2. The Hall–Kier alpha value is -0.260. The Labute approximate surface area is 163 Å². The van der Waals surface area contributed by atoms with Gasteiger partial charge in [-0.3, -0.25) is 0 Å². The van der Waals surface area contributed by atoms with Crippen LogP contribution in [0.15, 0.2) is 11.6 Å². The lowest BCUT2D eigenvalue weighted by molar-refractivity contribution is 0.000375. The van der Waals surface area contributed by atoms with Crippen molar-refractivity contribution in [1.29, 1.82) is 0 Å². The van der Waals surface area contributed by atoms with Gasteiger partial charge in [-0.1, -0.05) is 65.0 Å². The molecule has 4 rings (SSSR count). The third-order valence-electron chi connectivity index (χ3n) is 9.42. The molecule has 3 fully saturated rings. The zero-order valence-electron chi connectivity index (χ0n) is 18.1. The predicted octanol–water partition coefficient (Wildman–Crippen LogP) is 8.03. The Morgan fingerprint density at radius 1 is 1.00 bits per heavy atom. The highest BCUT2D eigenvalue weighted by molar-refractivity contribution is 5.24. The summed E-state index contributed by atoms with van der Waals surface area (Å²) in [5.74, 6) is 7.15. The molecule has 0 N–H and O–H groups in total. The van der Waals surface area contributed by atoms with Crippen LogP contribution in [0, 0.1) is 46.8 Å². The van der Waals surface area contributed by atoms with Gasteiger partial charge >= 0.3 is 0 Å². The molecule has 0 amide bonds. The third-order valence-corrected chi connectivity index (χ3v) is 9.42.